The second-order valence-electron chi connectivity index (χ2n) is 4.53. The quantitative estimate of drug-likeness (QED) is 0.824. The lowest BCUT2D eigenvalue weighted by Gasteiger charge is -2.06. The first kappa shape index (κ1) is 12.6. The van der Waals surface area contributed by atoms with Gasteiger partial charge in [-0.3, -0.25) is 4.68 Å². The van der Waals surface area contributed by atoms with E-state index in [0.717, 1.165) is 23.4 Å². The van der Waals surface area contributed by atoms with Crippen LogP contribution in [0.15, 0.2) is 36.7 Å². The number of benzene rings is 1. The van der Waals surface area contributed by atoms with Crippen LogP contribution in [0, 0.1) is 0 Å². The van der Waals surface area contributed by atoms with Crippen molar-refractivity contribution in [2.75, 3.05) is 12.3 Å². The Labute approximate surface area is 107 Å². The number of nitrogens with zero attached hydrogens (tertiary/aromatic N) is 2. The second-order valence-corrected chi connectivity index (χ2v) is 4.53. The fourth-order valence-electron chi connectivity index (χ4n) is 1.69. The minimum atomic E-state index is 0.261. The van der Waals surface area contributed by atoms with Crippen molar-refractivity contribution in [3.05, 3.63) is 36.7 Å². The largest absolute Gasteiger partial charge is 0.399 e. The van der Waals surface area contributed by atoms with Crippen molar-refractivity contribution in [3.8, 4) is 11.1 Å². The molecule has 1 aromatic carbocycles. The molecule has 2 rings (SSSR count). The standard InChI is InChI=1S/C14H19N3O/c1-11(2)18-8-7-17-10-13(9-16-17)12-3-5-14(15)6-4-12/h3-6,9-11H,7-8,15H2,1-2H3. The highest BCUT2D eigenvalue weighted by molar-refractivity contribution is 5.63. The van der Waals surface area contributed by atoms with Crippen LogP contribution in [0.1, 0.15) is 13.8 Å². The molecule has 0 aliphatic carbocycles. The molecule has 0 atom stereocenters. The summed E-state index contributed by atoms with van der Waals surface area (Å²) >= 11 is 0. The van der Waals surface area contributed by atoms with Gasteiger partial charge in [-0.05, 0) is 31.5 Å². The SMILES string of the molecule is CC(C)OCCn1cc(-c2ccc(N)cc2)cn1. The van der Waals surface area contributed by atoms with Crippen molar-refractivity contribution < 1.29 is 4.74 Å². The summed E-state index contributed by atoms with van der Waals surface area (Å²) in [5, 5.41) is 4.32. The summed E-state index contributed by atoms with van der Waals surface area (Å²) in [5.74, 6) is 0. The summed E-state index contributed by atoms with van der Waals surface area (Å²) in [6.07, 6.45) is 4.15. The van der Waals surface area contributed by atoms with E-state index >= 15 is 0 Å². The maximum atomic E-state index is 5.67. The van der Waals surface area contributed by atoms with E-state index < -0.39 is 0 Å². The van der Waals surface area contributed by atoms with E-state index in [1.165, 1.54) is 0 Å². The number of nitrogens with two attached hydrogens (primary N) is 1. The normalized spacial score (nSPS) is 11.1. The van der Waals surface area contributed by atoms with E-state index in [0.29, 0.717) is 6.61 Å². The Morgan fingerprint density at radius 3 is 2.61 bits per heavy atom. The van der Waals surface area contributed by atoms with E-state index in [1.807, 2.05) is 55.2 Å². The minimum absolute atomic E-state index is 0.261. The molecule has 0 spiro atoms. The van der Waals surface area contributed by atoms with Crippen LogP contribution in [-0.2, 0) is 11.3 Å². The minimum Gasteiger partial charge on any atom is -0.399 e. The average molecular weight is 245 g/mol. The van der Waals surface area contributed by atoms with Crippen molar-refractivity contribution >= 4 is 5.69 Å². The Balaban J connectivity index is 1.99. The molecule has 0 saturated heterocycles. The molecule has 1 aromatic heterocycles. The van der Waals surface area contributed by atoms with E-state index in [-0.39, 0.29) is 6.10 Å². The number of aromatic nitrogens is 2. The monoisotopic (exact) mass is 245 g/mol. The molecule has 0 unspecified atom stereocenters. The highest BCUT2D eigenvalue weighted by Gasteiger charge is 2.02. The first-order chi connectivity index (χ1) is 8.65. The van der Waals surface area contributed by atoms with Gasteiger partial charge >= 0.3 is 0 Å². The molecule has 1 heterocycles. The molecule has 2 aromatic rings. The fraction of sp³-hybridized carbons (Fsp3) is 0.357. The Morgan fingerprint density at radius 2 is 1.94 bits per heavy atom. The Kier molecular flexibility index (Phi) is 3.99. The lowest BCUT2D eigenvalue weighted by molar-refractivity contribution is 0.0710. The van der Waals surface area contributed by atoms with Crippen molar-refractivity contribution in [2.24, 2.45) is 0 Å². The van der Waals surface area contributed by atoms with Crippen LogP contribution in [0.3, 0.4) is 0 Å². The van der Waals surface area contributed by atoms with Gasteiger partial charge in [0.05, 0.1) is 25.5 Å². The molecule has 96 valence electrons. The molecule has 0 aliphatic heterocycles. The van der Waals surface area contributed by atoms with Crippen molar-refractivity contribution in [3.63, 3.8) is 0 Å². The fourth-order valence-corrected chi connectivity index (χ4v) is 1.69. The Morgan fingerprint density at radius 1 is 1.22 bits per heavy atom. The molecule has 4 heteroatoms. The molecule has 0 aliphatic rings. The van der Waals surface area contributed by atoms with Crippen molar-refractivity contribution in [1.82, 2.24) is 9.78 Å². The number of hydrogen-bond acceptors (Lipinski definition) is 3. The van der Waals surface area contributed by atoms with Gasteiger partial charge in [-0.15, -0.1) is 0 Å². The number of ether oxygens (including phenoxy) is 1. The first-order valence-corrected chi connectivity index (χ1v) is 6.15. The van der Waals surface area contributed by atoms with Gasteiger partial charge in [-0.25, -0.2) is 0 Å². The van der Waals surface area contributed by atoms with E-state index in [9.17, 15) is 0 Å². The molecule has 0 bridgehead atoms. The van der Waals surface area contributed by atoms with Gasteiger partial charge in [-0.2, -0.15) is 5.10 Å². The third kappa shape index (κ3) is 3.34. The average Bonchev–Trinajstić information content (AvgIpc) is 2.78. The molecular formula is C14H19N3O. The van der Waals surface area contributed by atoms with Crippen LogP contribution >= 0.6 is 0 Å². The van der Waals surface area contributed by atoms with Gasteiger partial charge in [-0.1, -0.05) is 12.1 Å². The predicted octanol–water partition coefficient (Wildman–Crippen LogP) is 2.56. The molecule has 0 radical (unpaired) electrons. The van der Waals surface area contributed by atoms with Crippen molar-refractivity contribution in [2.45, 2.75) is 26.5 Å². The molecule has 0 amide bonds. The molecule has 4 nitrogen and oxygen atoms in total. The molecular weight excluding hydrogens is 226 g/mol. The molecule has 0 fully saturated rings. The summed E-state index contributed by atoms with van der Waals surface area (Å²) in [6, 6.07) is 7.80. The van der Waals surface area contributed by atoms with E-state index in [1.54, 1.807) is 0 Å². The highest BCUT2D eigenvalue weighted by Crippen LogP contribution is 2.19. The number of anilines is 1. The molecule has 2 N–H and O–H groups in total. The predicted molar refractivity (Wildman–Crippen MR) is 73.2 cm³/mol. The summed E-state index contributed by atoms with van der Waals surface area (Å²) in [7, 11) is 0. The maximum absolute atomic E-state index is 5.67. The van der Waals surface area contributed by atoms with E-state index in [2.05, 4.69) is 5.10 Å². The van der Waals surface area contributed by atoms with Crippen LogP contribution < -0.4 is 5.73 Å². The van der Waals surface area contributed by atoms with Crippen LogP contribution in [-0.4, -0.2) is 22.5 Å². The first-order valence-electron chi connectivity index (χ1n) is 6.15. The van der Waals surface area contributed by atoms with Gasteiger partial charge in [0.2, 0.25) is 0 Å². The zero-order valence-electron chi connectivity index (χ0n) is 10.8. The Hall–Kier alpha value is -1.81. The van der Waals surface area contributed by atoms with Gasteiger partial charge in [0.1, 0.15) is 0 Å². The zero-order valence-corrected chi connectivity index (χ0v) is 10.8. The van der Waals surface area contributed by atoms with Gasteiger partial charge < -0.3 is 10.5 Å². The zero-order chi connectivity index (χ0) is 13.0. The van der Waals surface area contributed by atoms with Crippen LogP contribution in [0.2, 0.25) is 0 Å². The summed E-state index contributed by atoms with van der Waals surface area (Å²) in [4.78, 5) is 0. The van der Waals surface area contributed by atoms with Crippen LogP contribution in [0.25, 0.3) is 11.1 Å². The molecule has 18 heavy (non-hydrogen) atoms. The molecule has 0 saturated carbocycles. The Bertz CT molecular complexity index is 488. The van der Waals surface area contributed by atoms with Crippen LogP contribution in [0.5, 0.6) is 0 Å². The topological polar surface area (TPSA) is 53.1 Å². The second kappa shape index (κ2) is 5.69. The van der Waals surface area contributed by atoms with Crippen molar-refractivity contribution in [1.29, 1.82) is 0 Å². The van der Waals surface area contributed by atoms with E-state index in [4.69, 9.17) is 10.5 Å². The summed E-state index contributed by atoms with van der Waals surface area (Å²) in [6.45, 7) is 5.51. The van der Waals surface area contributed by atoms with Gasteiger partial charge in [0.15, 0.2) is 0 Å². The van der Waals surface area contributed by atoms with Gasteiger partial charge in [0, 0.05) is 17.4 Å². The summed E-state index contributed by atoms with van der Waals surface area (Å²) < 4.78 is 7.40. The third-order valence-corrected chi connectivity index (χ3v) is 2.65. The third-order valence-electron chi connectivity index (χ3n) is 2.65. The highest BCUT2D eigenvalue weighted by atomic mass is 16.5. The number of rotatable bonds is 5. The van der Waals surface area contributed by atoms with Crippen LogP contribution in [0.4, 0.5) is 5.69 Å². The maximum Gasteiger partial charge on any atom is 0.0666 e. The lowest BCUT2D eigenvalue weighted by Crippen LogP contribution is -2.10. The number of nitrogen functional groups attached to an aromatic ring is 1. The van der Waals surface area contributed by atoms with Gasteiger partial charge in [0.25, 0.3) is 0 Å². The lowest BCUT2D eigenvalue weighted by atomic mass is 10.1. The smallest absolute Gasteiger partial charge is 0.0666 e. The number of hydrogen-bond donors (Lipinski definition) is 1. The summed E-state index contributed by atoms with van der Waals surface area (Å²) in [5.41, 5.74) is 8.66.